The number of benzene rings is 1. The first-order valence-electron chi connectivity index (χ1n) is 7.24. The van der Waals surface area contributed by atoms with Gasteiger partial charge in [-0.2, -0.15) is 0 Å². The summed E-state index contributed by atoms with van der Waals surface area (Å²) in [5.41, 5.74) is 4.71. The molecule has 2 heteroatoms. The topological polar surface area (TPSA) is 3.24 Å². The Labute approximate surface area is 122 Å². The van der Waals surface area contributed by atoms with Gasteiger partial charge in [0.2, 0.25) is 0 Å². The van der Waals surface area contributed by atoms with Gasteiger partial charge in [0.05, 0.1) is 0 Å². The van der Waals surface area contributed by atoms with Crippen molar-refractivity contribution >= 4 is 11.6 Å². The summed E-state index contributed by atoms with van der Waals surface area (Å²) in [7, 11) is 4.33. The molecule has 0 aliphatic heterocycles. The average molecular weight is 278 g/mol. The molecule has 1 nitrogen and oxygen atoms in total. The molecule has 0 saturated heterocycles. The van der Waals surface area contributed by atoms with E-state index in [1.807, 2.05) is 12.1 Å². The zero-order valence-electron chi connectivity index (χ0n) is 12.1. The van der Waals surface area contributed by atoms with E-state index in [2.05, 4.69) is 31.1 Å². The number of likely N-dealkylation sites (N-methyl/N-ethyl adjacent to an activating group) is 1. The molecule has 0 heterocycles. The predicted molar refractivity (Wildman–Crippen MR) is 83.8 cm³/mol. The molecule has 19 heavy (non-hydrogen) atoms. The number of halogens is 1. The molecule has 1 aliphatic rings. The molecule has 0 amide bonds. The summed E-state index contributed by atoms with van der Waals surface area (Å²) in [4.78, 5) is 2.29. The largest absolute Gasteiger partial charge is 0.305 e. The summed E-state index contributed by atoms with van der Waals surface area (Å²) in [5, 5.41) is 0.826. The zero-order chi connectivity index (χ0) is 13.7. The fourth-order valence-corrected chi connectivity index (χ4v) is 2.97. The first kappa shape index (κ1) is 14.6. The summed E-state index contributed by atoms with van der Waals surface area (Å²) in [6.45, 7) is 1.11. The molecule has 0 radical (unpaired) electrons. The highest BCUT2D eigenvalue weighted by Gasteiger charge is 2.12. The number of nitrogens with zero attached hydrogens (tertiary/aromatic N) is 1. The molecular weight excluding hydrogens is 254 g/mol. The first-order chi connectivity index (χ1) is 9.15. The smallest absolute Gasteiger partial charge is 0.0406 e. The molecule has 0 bridgehead atoms. The van der Waals surface area contributed by atoms with Crippen LogP contribution in [0.15, 0.2) is 35.4 Å². The van der Waals surface area contributed by atoms with Gasteiger partial charge in [-0.1, -0.05) is 41.3 Å². The summed E-state index contributed by atoms with van der Waals surface area (Å²) in [5.74, 6) is 0. The SMILES string of the molecule is CN(C)CC1=C(Cc2ccc(Cl)cc2)CCCCC1. The molecule has 1 aromatic rings. The summed E-state index contributed by atoms with van der Waals surface area (Å²) in [6.07, 6.45) is 7.72. The van der Waals surface area contributed by atoms with E-state index in [1.165, 1.54) is 37.7 Å². The fraction of sp³-hybridized carbons (Fsp3) is 0.529. The first-order valence-corrected chi connectivity index (χ1v) is 7.62. The van der Waals surface area contributed by atoms with Crippen LogP contribution >= 0.6 is 11.6 Å². The molecule has 1 aliphatic carbocycles. The van der Waals surface area contributed by atoms with Gasteiger partial charge in [0.25, 0.3) is 0 Å². The third kappa shape index (κ3) is 4.67. The maximum atomic E-state index is 5.96. The highest BCUT2D eigenvalue weighted by Crippen LogP contribution is 2.27. The lowest BCUT2D eigenvalue weighted by Gasteiger charge is -2.17. The van der Waals surface area contributed by atoms with Gasteiger partial charge in [-0.05, 0) is 63.9 Å². The van der Waals surface area contributed by atoms with Crippen molar-refractivity contribution in [3.8, 4) is 0 Å². The van der Waals surface area contributed by atoms with Crippen molar-refractivity contribution in [2.24, 2.45) is 0 Å². The van der Waals surface area contributed by atoms with Gasteiger partial charge in [0.1, 0.15) is 0 Å². The van der Waals surface area contributed by atoms with Crippen LogP contribution in [0.4, 0.5) is 0 Å². The normalized spacial score (nSPS) is 16.8. The fourth-order valence-electron chi connectivity index (χ4n) is 2.84. The molecule has 0 saturated carbocycles. The molecule has 0 N–H and O–H groups in total. The van der Waals surface area contributed by atoms with Crippen LogP contribution in [0, 0.1) is 0 Å². The van der Waals surface area contributed by atoms with Crippen LogP contribution in [0.5, 0.6) is 0 Å². The van der Waals surface area contributed by atoms with Crippen molar-refractivity contribution < 1.29 is 0 Å². The Kier molecular flexibility index (Phi) is 5.47. The predicted octanol–water partition coefficient (Wildman–Crippen LogP) is 4.70. The van der Waals surface area contributed by atoms with Gasteiger partial charge >= 0.3 is 0 Å². The summed E-state index contributed by atoms with van der Waals surface area (Å²) in [6, 6.07) is 8.32. The number of hydrogen-bond donors (Lipinski definition) is 0. The molecule has 104 valence electrons. The third-order valence-electron chi connectivity index (χ3n) is 3.79. The van der Waals surface area contributed by atoms with Gasteiger partial charge in [0.15, 0.2) is 0 Å². The molecule has 0 aromatic heterocycles. The highest BCUT2D eigenvalue weighted by atomic mass is 35.5. The lowest BCUT2D eigenvalue weighted by Crippen LogP contribution is -2.16. The molecule has 0 unspecified atom stereocenters. The van der Waals surface area contributed by atoms with Crippen molar-refractivity contribution in [1.29, 1.82) is 0 Å². The number of rotatable bonds is 4. The third-order valence-corrected chi connectivity index (χ3v) is 4.05. The molecule has 0 fully saturated rings. The van der Waals surface area contributed by atoms with Crippen LogP contribution in [-0.2, 0) is 6.42 Å². The maximum Gasteiger partial charge on any atom is 0.0406 e. The molecule has 0 spiro atoms. The summed E-state index contributed by atoms with van der Waals surface area (Å²) >= 11 is 5.96. The van der Waals surface area contributed by atoms with Crippen LogP contribution < -0.4 is 0 Å². The van der Waals surface area contributed by atoms with Crippen molar-refractivity contribution in [2.45, 2.75) is 38.5 Å². The van der Waals surface area contributed by atoms with Gasteiger partial charge in [0, 0.05) is 11.6 Å². The van der Waals surface area contributed by atoms with Gasteiger partial charge in [-0.3, -0.25) is 0 Å². The van der Waals surface area contributed by atoms with Crippen LogP contribution in [0.25, 0.3) is 0 Å². The molecule has 1 aromatic carbocycles. The Morgan fingerprint density at radius 3 is 2.21 bits per heavy atom. The Balaban J connectivity index is 2.15. The van der Waals surface area contributed by atoms with E-state index in [-0.39, 0.29) is 0 Å². The minimum atomic E-state index is 0.826. The van der Waals surface area contributed by atoms with E-state index in [9.17, 15) is 0 Å². The average Bonchev–Trinajstić information content (AvgIpc) is 2.58. The molecular formula is C17H24ClN. The van der Waals surface area contributed by atoms with Crippen LogP contribution in [0.3, 0.4) is 0 Å². The van der Waals surface area contributed by atoms with E-state index in [4.69, 9.17) is 11.6 Å². The van der Waals surface area contributed by atoms with E-state index < -0.39 is 0 Å². The Morgan fingerprint density at radius 1 is 0.947 bits per heavy atom. The van der Waals surface area contributed by atoms with Crippen LogP contribution in [0.1, 0.15) is 37.7 Å². The van der Waals surface area contributed by atoms with Gasteiger partial charge < -0.3 is 4.90 Å². The van der Waals surface area contributed by atoms with Gasteiger partial charge in [-0.15, -0.1) is 0 Å². The second-order valence-corrected chi connectivity index (χ2v) is 6.25. The van der Waals surface area contributed by atoms with Crippen molar-refractivity contribution in [3.05, 3.63) is 46.0 Å². The van der Waals surface area contributed by atoms with Crippen molar-refractivity contribution in [1.82, 2.24) is 4.90 Å². The maximum absolute atomic E-state index is 5.96. The molecule has 2 rings (SSSR count). The van der Waals surface area contributed by atoms with E-state index >= 15 is 0 Å². The zero-order valence-corrected chi connectivity index (χ0v) is 12.8. The second-order valence-electron chi connectivity index (χ2n) is 5.81. The monoisotopic (exact) mass is 277 g/mol. The number of allylic oxidation sites excluding steroid dienone is 1. The van der Waals surface area contributed by atoms with Crippen LogP contribution in [0.2, 0.25) is 5.02 Å². The van der Waals surface area contributed by atoms with E-state index in [1.54, 1.807) is 11.1 Å². The lowest BCUT2D eigenvalue weighted by atomic mass is 9.96. The Bertz CT molecular complexity index is 431. The Hall–Kier alpha value is -0.790. The van der Waals surface area contributed by atoms with Crippen molar-refractivity contribution in [2.75, 3.05) is 20.6 Å². The minimum absolute atomic E-state index is 0.826. The second kappa shape index (κ2) is 7.12. The Morgan fingerprint density at radius 2 is 1.58 bits per heavy atom. The van der Waals surface area contributed by atoms with E-state index in [0.29, 0.717) is 0 Å². The lowest BCUT2D eigenvalue weighted by molar-refractivity contribution is 0.436. The minimum Gasteiger partial charge on any atom is -0.305 e. The molecule has 0 atom stereocenters. The quantitative estimate of drug-likeness (QED) is 0.721. The standard InChI is InChI=1S/C17H24ClN/c1-19(2)13-16-7-5-3-4-6-15(16)12-14-8-10-17(18)11-9-14/h8-11H,3-7,12-13H2,1-2H3. The van der Waals surface area contributed by atoms with Crippen LogP contribution in [-0.4, -0.2) is 25.5 Å². The van der Waals surface area contributed by atoms with Gasteiger partial charge in [-0.25, -0.2) is 0 Å². The summed E-state index contributed by atoms with van der Waals surface area (Å²) < 4.78 is 0. The number of hydrogen-bond acceptors (Lipinski definition) is 1. The van der Waals surface area contributed by atoms with E-state index in [0.717, 1.165) is 18.0 Å². The van der Waals surface area contributed by atoms with Crippen molar-refractivity contribution in [3.63, 3.8) is 0 Å². The highest BCUT2D eigenvalue weighted by molar-refractivity contribution is 6.30.